The van der Waals surface area contributed by atoms with Crippen LogP contribution in [0, 0.1) is 5.92 Å². The minimum absolute atomic E-state index is 0.401. The normalized spacial score (nSPS) is 19.1. The summed E-state index contributed by atoms with van der Waals surface area (Å²) in [6.45, 7) is 0. The summed E-state index contributed by atoms with van der Waals surface area (Å²) in [6, 6.07) is 0. The molecule has 1 fully saturated rings. The summed E-state index contributed by atoms with van der Waals surface area (Å²) >= 11 is 0. The predicted octanol–water partition coefficient (Wildman–Crippen LogP) is 1.38. The van der Waals surface area contributed by atoms with Gasteiger partial charge in [0, 0.05) is 6.42 Å². The van der Waals surface area contributed by atoms with Gasteiger partial charge in [0.15, 0.2) is 0 Å². The highest BCUT2D eigenvalue weighted by Gasteiger charge is 2.17. The smallest absolute Gasteiger partial charge is 0.238 e. The fraction of sp³-hybridized carbons (Fsp3) is 0.857. The molecule has 0 aromatic carbocycles. The van der Waals surface area contributed by atoms with Crippen molar-refractivity contribution in [2.45, 2.75) is 32.1 Å². The maximum absolute atomic E-state index is 10.2. The first-order valence-corrected chi connectivity index (χ1v) is 3.53. The first-order valence-electron chi connectivity index (χ1n) is 3.53. The van der Waals surface area contributed by atoms with Gasteiger partial charge in [0.25, 0.3) is 0 Å². The van der Waals surface area contributed by atoms with E-state index in [1.54, 1.807) is 0 Å². The summed E-state index contributed by atoms with van der Waals surface area (Å²) in [6.07, 6.45) is 5.34. The van der Waals surface area contributed by atoms with Gasteiger partial charge in [-0.05, 0) is 12.3 Å². The van der Waals surface area contributed by atoms with Gasteiger partial charge >= 0.3 is 0 Å². The van der Waals surface area contributed by atoms with Gasteiger partial charge in [-0.3, -0.25) is 10.5 Å². The van der Waals surface area contributed by atoms with E-state index in [1.165, 1.54) is 19.3 Å². The highest BCUT2D eigenvalue weighted by molar-refractivity contribution is 5.72. The number of hydrogen-bond donors (Lipinski definition) is 0. The first-order chi connectivity index (χ1) is 4.29. The predicted molar refractivity (Wildman–Crippen MR) is 34.7 cm³/mol. The van der Waals surface area contributed by atoms with Crippen molar-refractivity contribution in [2.75, 3.05) is 0 Å². The summed E-state index contributed by atoms with van der Waals surface area (Å²) in [5, 5.41) is 0. The van der Waals surface area contributed by atoms with Crippen molar-refractivity contribution >= 4 is 5.91 Å². The van der Waals surface area contributed by atoms with Crippen molar-refractivity contribution in [1.82, 2.24) is 5.73 Å². The van der Waals surface area contributed by atoms with Gasteiger partial charge < -0.3 is 0 Å². The van der Waals surface area contributed by atoms with Gasteiger partial charge in [-0.25, -0.2) is 0 Å². The van der Waals surface area contributed by atoms with Gasteiger partial charge in [0.1, 0.15) is 0 Å². The molecular formula is C7H12NO. The molecule has 1 amide bonds. The van der Waals surface area contributed by atoms with Crippen molar-refractivity contribution < 1.29 is 4.79 Å². The van der Waals surface area contributed by atoms with Crippen molar-refractivity contribution in [3.8, 4) is 0 Å². The zero-order valence-corrected chi connectivity index (χ0v) is 5.52. The van der Waals surface area contributed by atoms with E-state index in [0.29, 0.717) is 6.42 Å². The van der Waals surface area contributed by atoms with Crippen LogP contribution in [0.3, 0.4) is 0 Å². The topological polar surface area (TPSA) is 40.9 Å². The van der Waals surface area contributed by atoms with Crippen LogP contribution in [0.15, 0.2) is 0 Å². The van der Waals surface area contributed by atoms with E-state index in [1.807, 2.05) is 0 Å². The van der Waals surface area contributed by atoms with E-state index in [0.717, 1.165) is 12.3 Å². The van der Waals surface area contributed by atoms with Crippen LogP contribution < -0.4 is 5.73 Å². The molecular weight excluding hydrogens is 114 g/mol. The number of carbonyl (C=O) groups excluding carboxylic acids is 1. The molecule has 1 radical (unpaired) electrons. The van der Waals surface area contributed by atoms with E-state index in [2.05, 4.69) is 0 Å². The fourth-order valence-corrected chi connectivity index (χ4v) is 1.12. The molecule has 2 nitrogen and oxygen atoms in total. The molecule has 0 atom stereocenters. The molecule has 0 spiro atoms. The second-order valence-electron chi connectivity index (χ2n) is 2.76. The maximum atomic E-state index is 10.2. The molecule has 0 saturated heterocycles. The summed E-state index contributed by atoms with van der Waals surface area (Å²) in [4.78, 5) is 10.2. The zero-order chi connectivity index (χ0) is 6.69. The average Bonchev–Trinajstić information content (AvgIpc) is 1.60. The molecule has 1 N–H and O–H groups in total. The third-order valence-electron chi connectivity index (χ3n) is 2.00. The van der Waals surface area contributed by atoms with Crippen LogP contribution in [0.1, 0.15) is 32.1 Å². The van der Waals surface area contributed by atoms with E-state index in [9.17, 15) is 4.79 Å². The molecule has 0 heterocycles. The quantitative estimate of drug-likeness (QED) is 0.563. The second kappa shape index (κ2) is 2.85. The molecule has 9 heavy (non-hydrogen) atoms. The average molecular weight is 126 g/mol. The molecule has 0 bridgehead atoms. The lowest BCUT2D eigenvalue weighted by atomic mass is 9.82. The van der Waals surface area contributed by atoms with E-state index in [4.69, 9.17) is 5.73 Å². The van der Waals surface area contributed by atoms with Crippen LogP contribution in [0.5, 0.6) is 0 Å². The lowest BCUT2D eigenvalue weighted by molar-refractivity contribution is -0.119. The Labute approximate surface area is 55.4 Å². The van der Waals surface area contributed by atoms with Crippen molar-refractivity contribution in [1.29, 1.82) is 0 Å². The zero-order valence-electron chi connectivity index (χ0n) is 5.52. The van der Waals surface area contributed by atoms with Crippen molar-refractivity contribution in [2.24, 2.45) is 5.92 Å². The number of carbonyl (C=O) groups is 1. The Morgan fingerprint density at radius 2 is 2.22 bits per heavy atom. The number of nitrogens with one attached hydrogen (secondary N) is 1. The van der Waals surface area contributed by atoms with Gasteiger partial charge in [-0.2, -0.15) is 0 Å². The molecule has 2 heteroatoms. The highest BCUT2D eigenvalue weighted by Crippen LogP contribution is 2.30. The van der Waals surface area contributed by atoms with Crippen molar-refractivity contribution in [3.63, 3.8) is 0 Å². The van der Waals surface area contributed by atoms with Crippen molar-refractivity contribution in [3.05, 3.63) is 0 Å². The van der Waals surface area contributed by atoms with Gasteiger partial charge in [0.05, 0.1) is 0 Å². The molecule has 0 aromatic heterocycles. The number of rotatable bonds is 3. The molecule has 0 aliphatic heterocycles. The van der Waals surface area contributed by atoms with Gasteiger partial charge in [0.2, 0.25) is 5.91 Å². The van der Waals surface area contributed by atoms with Crippen LogP contribution in [0.25, 0.3) is 0 Å². The lowest BCUT2D eigenvalue weighted by Gasteiger charge is -2.24. The Morgan fingerprint density at radius 3 is 2.56 bits per heavy atom. The Hall–Kier alpha value is -0.530. The third-order valence-corrected chi connectivity index (χ3v) is 2.00. The molecule has 1 rings (SSSR count). The van der Waals surface area contributed by atoms with Crippen LogP contribution in [0.2, 0.25) is 0 Å². The minimum atomic E-state index is -0.401. The van der Waals surface area contributed by atoms with Crippen LogP contribution in [-0.2, 0) is 4.79 Å². The number of hydrogen-bond acceptors (Lipinski definition) is 1. The van der Waals surface area contributed by atoms with Gasteiger partial charge in [-0.1, -0.05) is 19.3 Å². The summed E-state index contributed by atoms with van der Waals surface area (Å²) < 4.78 is 0. The molecule has 0 aromatic rings. The maximum Gasteiger partial charge on any atom is 0.238 e. The Morgan fingerprint density at radius 1 is 1.56 bits per heavy atom. The molecule has 1 aliphatic carbocycles. The molecule has 0 unspecified atom stereocenters. The fourth-order valence-electron chi connectivity index (χ4n) is 1.12. The molecule has 51 valence electrons. The monoisotopic (exact) mass is 126 g/mol. The van der Waals surface area contributed by atoms with E-state index >= 15 is 0 Å². The van der Waals surface area contributed by atoms with E-state index in [-0.39, 0.29) is 0 Å². The van der Waals surface area contributed by atoms with E-state index < -0.39 is 5.91 Å². The summed E-state index contributed by atoms with van der Waals surface area (Å²) in [5.74, 6) is 0.376. The van der Waals surface area contributed by atoms with Crippen LogP contribution in [0.4, 0.5) is 0 Å². The Balaban J connectivity index is 1.97. The van der Waals surface area contributed by atoms with Crippen LogP contribution >= 0.6 is 0 Å². The summed E-state index contributed by atoms with van der Waals surface area (Å²) in [7, 11) is 0. The first kappa shape index (κ1) is 6.59. The third kappa shape index (κ3) is 2.04. The Bertz CT molecular complexity index is 107. The van der Waals surface area contributed by atoms with Gasteiger partial charge in [-0.15, -0.1) is 0 Å². The highest BCUT2D eigenvalue weighted by atomic mass is 16.1. The number of amides is 1. The standard InChI is InChI=1S/C7H12NO/c8-7(9)5-4-6-2-1-3-6/h6,8H,1-5H2. The molecule has 1 saturated carbocycles. The largest absolute Gasteiger partial charge is 0.273 e. The minimum Gasteiger partial charge on any atom is -0.273 e. The summed E-state index contributed by atoms with van der Waals surface area (Å²) in [5.41, 5.74) is 6.63. The molecule has 1 aliphatic rings. The Kier molecular flexibility index (Phi) is 2.09. The second-order valence-corrected chi connectivity index (χ2v) is 2.76. The lowest BCUT2D eigenvalue weighted by Crippen LogP contribution is -2.12. The SMILES string of the molecule is [NH]C(=O)CCC1CCC1. The van der Waals surface area contributed by atoms with Crippen LogP contribution in [-0.4, -0.2) is 5.91 Å².